The summed E-state index contributed by atoms with van der Waals surface area (Å²) in [4.78, 5) is 8.90. The fraction of sp³-hybridized carbons (Fsp3) is 0.800. The molecule has 1 heterocycles. The number of carbonyl (C=O) groups is 1. The van der Waals surface area contributed by atoms with Crippen molar-refractivity contribution in [3.05, 3.63) is 0 Å². The molecule has 1 saturated heterocycles. The number of rotatable bonds is 0. The van der Waals surface area contributed by atoms with Gasteiger partial charge in [0.15, 0.2) is 0 Å². The zero-order valence-corrected chi connectivity index (χ0v) is 6.02. The average molecular weight is 187 g/mol. The third kappa shape index (κ3) is 5.93. The van der Waals surface area contributed by atoms with Crippen molar-refractivity contribution in [2.24, 2.45) is 0 Å². The van der Waals surface area contributed by atoms with Gasteiger partial charge in [-0.25, -0.2) is 4.79 Å². The molecule has 12 heavy (non-hydrogen) atoms. The van der Waals surface area contributed by atoms with E-state index in [2.05, 4.69) is 5.32 Å². The Hall–Kier alpha value is -0.820. The molecule has 0 atom stereocenters. The van der Waals surface area contributed by atoms with E-state index in [1.165, 1.54) is 0 Å². The summed E-state index contributed by atoms with van der Waals surface area (Å²) in [5.74, 6) is -2.76. The van der Waals surface area contributed by atoms with Crippen LogP contribution >= 0.6 is 0 Å². The number of carboxylic acid groups (broad SMARTS) is 1. The van der Waals surface area contributed by atoms with Crippen molar-refractivity contribution in [3.63, 3.8) is 0 Å². The third-order valence-corrected chi connectivity index (χ3v) is 0.870. The molecule has 1 aliphatic rings. The number of carboxylic acids is 1. The molecule has 0 aromatic heterocycles. The summed E-state index contributed by atoms with van der Waals surface area (Å²) in [6, 6.07) is 0. The summed E-state index contributed by atoms with van der Waals surface area (Å²) in [7, 11) is 0. The third-order valence-electron chi connectivity index (χ3n) is 0.870. The van der Waals surface area contributed by atoms with Gasteiger partial charge in [-0.2, -0.15) is 13.2 Å². The number of nitrogens with one attached hydrogen (secondary N) is 1. The molecular formula is C5H8F3NO3. The molecule has 0 saturated carbocycles. The number of aliphatic carboxylic acids is 1. The lowest BCUT2D eigenvalue weighted by molar-refractivity contribution is -0.192. The Morgan fingerprint density at radius 1 is 1.50 bits per heavy atom. The minimum absolute atomic E-state index is 0.750. The first kappa shape index (κ1) is 11.2. The van der Waals surface area contributed by atoms with Crippen molar-refractivity contribution < 1.29 is 27.8 Å². The van der Waals surface area contributed by atoms with E-state index in [-0.39, 0.29) is 0 Å². The Morgan fingerprint density at radius 2 is 2.00 bits per heavy atom. The lowest BCUT2D eigenvalue weighted by atomic mass is 10.7. The van der Waals surface area contributed by atoms with Crippen molar-refractivity contribution in [1.82, 2.24) is 5.32 Å². The number of alkyl halides is 3. The SMILES string of the molecule is C1COCN1.O=C(O)C(F)(F)F. The van der Waals surface area contributed by atoms with Gasteiger partial charge in [0.2, 0.25) is 0 Å². The molecular weight excluding hydrogens is 179 g/mol. The van der Waals surface area contributed by atoms with Gasteiger partial charge < -0.3 is 9.84 Å². The second-order valence-electron chi connectivity index (χ2n) is 1.86. The topological polar surface area (TPSA) is 58.6 Å². The maximum absolute atomic E-state index is 10.6. The van der Waals surface area contributed by atoms with Crippen LogP contribution in [0.4, 0.5) is 13.2 Å². The van der Waals surface area contributed by atoms with Gasteiger partial charge in [0, 0.05) is 6.54 Å². The fourth-order valence-electron chi connectivity index (χ4n) is 0.361. The quantitative estimate of drug-likeness (QED) is 0.568. The van der Waals surface area contributed by atoms with Crippen LogP contribution in [0.25, 0.3) is 0 Å². The van der Waals surface area contributed by atoms with Gasteiger partial charge in [-0.1, -0.05) is 0 Å². The number of hydrogen-bond donors (Lipinski definition) is 2. The molecule has 0 aromatic rings. The summed E-state index contributed by atoms with van der Waals surface area (Å²) >= 11 is 0. The highest BCUT2D eigenvalue weighted by Gasteiger charge is 2.38. The zero-order valence-electron chi connectivity index (χ0n) is 6.02. The molecule has 0 amide bonds. The first-order valence-corrected chi connectivity index (χ1v) is 3.03. The van der Waals surface area contributed by atoms with Crippen molar-refractivity contribution in [1.29, 1.82) is 0 Å². The van der Waals surface area contributed by atoms with Crippen LogP contribution in [-0.2, 0) is 9.53 Å². The van der Waals surface area contributed by atoms with Crippen LogP contribution < -0.4 is 5.32 Å². The van der Waals surface area contributed by atoms with E-state index in [1.54, 1.807) is 0 Å². The van der Waals surface area contributed by atoms with Crippen molar-refractivity contribution in [3.8, 4) is 0 Å². The van der Waals surface area contributed by atoms with E-state index in [0.29, 0.717) is 0 Å². The fourth-order valence-corrected chi connectivity index (χ4v) is 0.361. The maximum atomic E-state index is 10.6. The molecule has 1 aliphatic heterocycles. The molecule has 0 bridgehead atoms. The van der Waals surface area contributed by atoms with Crippen LogP contribution in [0.1, 0.15) is 0 Å². The molecule has 4 nitrogen and oxygen atoms in total. The highest BCUT2D eigenvalue weighted by Crippen LogP contribution is 2.13. The van der Waals surface area contributed by atoms with Crippen LogP contribution in [0.3, 0.4) is 0 Å². The molecule has 0 aliphatic carbocycles. The van der Waals surface area contributed by atoms with Crippen molar-refractivity contribution in [2.75, 3.05) is 19.9 Å². The molecule has 0 unspecified atom stereocenters. The van der Waals surface area contributed by atoms with Crippen molar-refractivity contribution >= 4 is 5.97 Å². The Balaban J connectivity index is 0.000000211. The first-order chi connectivity index (χ1) is 5.44. The lowest BCUT2D eigenvalue weighted by Gasteiger charge is -1.93. The molecule has 0 spiro atoms. The van der Waals surface area contributed by atoms with Gasteiger partial charge in [0.1, 0.15) is 0 Å². The van der Waals surface area contributed by atoms with E-state index in [9.17, 15) is 13.2 Å². The average Bonchev–Trinajstić information content (AvgIpc) is 2.39. The van der Waals surface area contributed by atoms with Crippen LogP contribution in [0, 0.1) is 0 Å². The maximum Gasteiger partial charge on any atom is 0.490 e. The Morgan fingerprint density at radius 3 is 2.08 bits per heavy atom. The van der Waals surface area contributed by atoms with E-state index < -0.39 is 12.1 Å². The summed E-state index contributed by atoms with van der Waals surface area (Å²) in [6.45, 7) is 2.67. The predicted octanol–water partition coefficient (Wildman–Crippen LogP) is 0.197. The van der Waals surface area contributed by atoms with Gasteiger partial charge in [-0.3, -0.25) is 5.32 Å². The molecule has 0 aromatic carbocycles. The highest BCUT2D eigenvalue weighted by atomic mass is 19.4. The van der Waals surface area contributed by atoms with Crippen LogP contribution in [0.15, 0.2) is 0 Å². The van der Waals surface area contributed by atoms with E-state index >= 15 is 0 Å². The van der Waals surface area contributed by atoms with Gasteiger partial charge >= 0.3 is 12.1 Å². The second-order valence-corrected chi connectivity index (χ2v) is 1.86. The Bertz CT molecular complexity index is 136. The summed E-state index contributed by atoms with van der Waals surface area (Å²) < 4.78 is 36.6. The van der Waals surface area contributed by atoms with E-state index in [1.807, 2.05) is 0 Å². The van der Waals surface area contributed by atoms with Crippen LogP contribution in [0.5, 0.6) is 0 Å². The predicted molar refractivity (Wildman–Crippen MR) is 32.5 cm³/mol. The number of hydrogen-bond acceptors (Lipinski definition) is 3. The molecule has 2 N–H and O–H groups in total. The smallest absolute Gasteiger partial charge is 0.475 e. The minimum Gasteiger partial charge on any atom is -0.475 e. The van der Waals surface area contributed by atoms with Gasteiger partial charge in [0.05, 0.1) is 13.3 Å². The van der Waals surface area contributed by atoms with Gasteiger partial charge in [0.25, 0.3) is 0 Å². The van der Waals surface area contributed by atoms with Crippen molar-refractivity contribution in [2.45, 2.75) is 6.18 Å². The molecule has 72 valence electrons. The normalized spacial score (nSPS) is 16.6. The number of ether oxygens (including phenoxy) is 1. The minimum atomic E-state index is -5.08. The van der Waals surface area contributed by atoms with E-state index in [0.717, 1.165) is 19.9 Å². The van der Waals surface area contributed by atoms with Gasteiger partial charge in [-0.15, -0.1) is 0 Å². The molecule has 7 heteroatoms. The Labute approximate surface area is 66.3 Å². The largest absolute Gasteiger partial charge is 0.490 e. The summed E-state index contributed by atoms with van der Waals surface area (Å²) in [5, 5.41) is 10.1. The first-order valence-electron chi connectivity index (χ1n) is 3.03. The monoisotopic (exact) mass is 187 g/mol. The Kier molecular flexibility index (Phi) is 4.60. The number of halogens is 3. The van der Waals surface area contributed by atoms with Crippen LogP contribution in [0.2, 0.25) is 0 Å². The summed E-state index contributed by atoms with van der Waals surface area (Å²) in [5.41, 5.74) is 0. The van der Waals surface area contributed by atoms with Gasteiger partial charge in [-0.05, 0) is 0 Å². The molecule has 1 rings (SSSR count). The highest BCUT2D eigenvalue weighted by molar-refractivity contribution is 5.73. The lowest BCUT2D eigenvalue weighted by Crippen LogP contribution is -2.21. The molecule has 1 fully saturated rings. The van der Waals surface area contributed by atoms with Crippen LogP contribution in [-0.4, -0.2) is 37.1 Å². The second kappa shape index (κ2) is 4.94. The van der Waals surface area contributed by atoms with E-state index in [4.69, 9.17) is 14.6 Å². The summed E-state index contributed by atoms with van der Waals surface area (Å²) in [6.07, 6.45) is -5.08. The molecule has 0 radical (unpaired) electrons. The standard InChI is InChI=1S/C3H7NO.C2HF3O2/c1-2-5-3-4-1;3-2(4,5)1(6)7/h4H,1-3H2;(H,6,7). The zero-order chi connectivity index (χ0) is 9.61.